The summed E-state index contributed by atoms with van der Waals surface area (Å²) in [5.41, 5.74) is 5.54. The van der Waals surface area contributed by atoms with E-state index in [2.05, 4.69) is 9.88 Å². The van der Waals surface area contributed by atoms with Crippen LogP contribution in [0.4, 0.5) is 5.69 Å². The molecule has 5 nitrogen and oxygen atoms in total. The van der Waals surface area contributed by atoms with Crippen LogP contribution in [0.5, 0.6) is 0 Å². The highest BCUT2D eigenvalue weighted by atomic mass is 32.1. The number of hydrogen-bond acceptors (Lipinski definition) is 3. The lowest BCUT2D eigenvalue weighted by atomic mass is 10.1. The molecule has 1 aliphatic rings. The Hall–Kier alpha value is -3.51. The summed E-state index contributed by atoms with van der Waals surface area (Å²) in [5.74, 6) is -0.921. The number of carbonyl (C=O) groups is 2. The third-order valence-corrected chi connectivity index (χ3v) is 5.46. The van der Waals surface area contributed by atoms with Crippen LogP contribution in [0.25, 0.3) is 11.8 Å². The van der Waals surface area contributed by atoms with E-state index in [1.807, 2.05) is 81.4 Å². The maximum atomic E-state index is 13.2. The Balaban J connectivity index is 1.76. The Kier molecular flexibility index (Phi) is 5.10. The van der Waals surface area contributed by atoms with Crippen molar-refractivity contribution >= 4 is 40.9 Å². The molecule has 30 heavy (non-hydrogen) atoms. The van der Waals surface area contributed by atoms with E-state index >= 15 is 0 Å². The quantitative estimate of drug-likeness (QED) is 0.396. The summed E-state index contributed by atoms with van der Waals surface area (Å²) < 4.78 is 2.10. The molecule has 2 heterocycles. The molecule has 2 amide bonds. The first-order valence-corrected chi connectivity index (χ1v) is 10.00. The van der Waals surface area contributed by atoms with Gasteiger partial charge < -0.3 is 4.57 Å². The molecule has 0 spiro atoms. The molecule has 3 aromatic rings. The molecule has 1 aromatic heterocycles. The average Bonchev–Trinajstić information content (AvgIpc) is 3.00. The molecule has 1 N–H and O–H groups in total. The highest BCUT2D eigenvalue weighted by molar-refractivity contribution is 7.80. The number of aromatic nitrogens is 1. The van der Waals surface area contributed by atoms with E-state index in [1.54, 1.807) is 6.08 Å². The number of aryl methyl sites for hydroxylation is 2. The summed E-state index contributed by atoms with van der Waals surface area (Å²) in [6, 6.07) is 19.4. The first-order valence-electron chi connectivity index (χ1n) is 9.59. The molecule has 150 valence electrons. The lowest BCUT2D eigenvalue weighted by molar-refractivity contribution is -0.122. The Bertz CT molecular complexity index is 1190. The zero-order valence-corrected chi connectivity index (χ0v) is 17.8. The van der Waals surface area contributed by atoms with Crippen molar-refractivity contribution in [2.24, 2.45) is 0 Å². The number of nitrogens with one attached hydrogen (secondary N) is 1. The monoisotopic (exact) mass is 415 g/mol. The van der Waals surface area contributed by atoms with E-state index in [9.17, 15) is 9.59 Å². The molecule has 1 saturated heterocycles. The molecule has 0 radical (unpaired) electrons. The Morgan fingerprint density at radius 1 is 0.900 bits per heavy atom. The molecule has 0 atom stereocenters. The SMILES string of the molecule is Cc1ccc(N2C(=O)/C(=C/c3cc(C)n(-c4ccccc4)c3C)C(=O)NC2=S)cc1. The van der Waals surface area contributed by atoms with Crippen LogP contribution in [-0.2, 0) is 9.59 Å². The fraction of sp³-hybridized carbons (Fsp3) is 0.125. The number of anilines is 1. The maximum Gasteiger partial charge on any atom is 0.270 e. The van der Waals surface area contributed by atoms with Gasteiger partial charge in [-0.2, -0.15) is 0 Å². The maximum absolute atomic E-state index is 13.2. The van der Waals surface area contributed by atoms with Crippen LogP contribution >= 0.6 is 12.2 Å². The number of rotatable bonds is 3. The van der Waals surface area contributed by atoms with Gasteiger partial charge in [0.1, 0.15) is 5.57 Å². The summed E-state index contributed by atoms with van der Waals surface area (Å²) in [5, 5.41) is 2.72. The minimum Gasteiger partial charge on any atom is -0.318 e. The van der Waals surface area contributed by atoms with Crippen molar-refractivity contribution in [1.82, 2.24) is 9.88 Å². The van der Waals surface area contributed by atoms with E-state index < -0.39 is 11.8 Å². The normalized spacial score (nSPS) is 15.6. The lowest BCUT2D eigenvalue weighted by Gasteiger charge is -2.29. The molecule has 1 fully saturated rings. The fourth-order valence-corrected chi connectivity index (χ4v) is 3.93. The number of hydrogen-bond donors (Lipinski definition) is 1. The van der Waals surface area contributed by atoms with E-state index in [4.69, 9.17) is 12.2 Å². The van der Waals surface area contributed by atoms with Gasteiger partial charge in [0.05, 0.1) is 5.69 Å². The molecule has 0 saturated carbocycles. The summed E-state index contributed by atoms with van der Waals surface area (Å²) in [6.07, 6.45) is 1.64. The van der Waals surface area contributed by atoms with Gasteiger partial charge in [0.25, 0.3) is 11.8 Å². The van der Waals surface area contributed by atoms with Crippen LogP contribution in [0.1, 0.15) is 22.5 Å². The topological polar surface area (TPSA) is 54.3 Å². The van der Waals surface area contributed by atoms with Gasteiger partial charge in [-0.25, -0.2) is 0 Å². The molecule has 0 bridgehead atoms. The Morgan fingerprint density at radius 2 is 1.57 bits per heavy atom. The molecule has 0 aliphatic carbocycles. The third kappa shape index (κ3) is 3.46. The zero-order valence-electron chi connectivity index (χ0n) is 17.0. The predicted molar refractivity (Wildman–Crippen MR) is 123 cm³/mol. The van der Waals surface area contributed by atoms with Gasteiger partial charge in [0.15, 0.2) is 5.11 Å². The number of nitrogens with zero attached hydrogens (tertiary/aromatic N) is 2. The first kappa shape index (κ1) is 19.8. The lowest BCUT2D eigenvalue weighted by Crippen LogP contribution is -2.54. The third-order valence-electron chi connectivity index (χ3n) is 5.18. The molecule has 6 heteroatoms. The van der Waals surface area contributed by atoms with Crippen molar-refractivity contribution in [2.45, 2.75) is 20.8 Å². The van der Waals surface area contributed by atoms with Gasteiger partial charge in [-0.1, -0.05) is 35.9 Å². The predicted octanol–water partition coefficient (Wildman–Crippen LogP) is 4.23. The second-order valence-electron chi connectivity index (χ2n) is 7.29. The minimum absolute atomic E-state index is 0.0532. The van der Waals surface area contributed by atoms with Crippen molar-refractivity contribution in [2.75, 3.05) is 4.90 Å². The van der Waals surface area contributed by atoms with Gasteiger partial charge in [0.2, 0.25) is 0 Å². The number of thiocarbonyl (C=S) groups is 1. The smallest absolute Gasteiger partial charge is 0.270 e. The molecule has 1 aliphatic heterocycles. The Labute approximate surface area is 180 Å². The van der Waals surface area contributed by atoms with Crippen LogP contribution in [0, 0.1) is 20.8 Å². The van der Waals surface area contributed by atoms with Gasteiger partial charge in [-0.15, -0.1) is 0 Å². The summed E-state index contributed by atoms with van der Waals surface area (Å²) in [7, 11) is 0. The van der Waals surface area contributed by atoms with Crippen LogP contribution in [-0.4, -0.2) is 21.5 Å². The summed E-state index contributed by atoms with van der Waals surface area (Å²) >= 11 is 5.27. The fourth-order valence-electron chi connectivity index (χ4n) is 3.65. The van der Waals surface area contributed by atoms with Crippen molar-refractivity contribution < 1.29 is 9.59 Å². The highest BCUT2D eigenvalue weighted by Gasteiger charge is 2.34. The number of amides is 2. The molecule has 4 rings (SSSR count). The average molecular weight is 416 g/mol. The second kappa shape index (κ2) is 7.72. The standard InChI is InChI=1S/C24H21N3O2S/c1-15-9-11-20(12-10-15)27-23(29)21(22(28)25-24(27)30)14-18-13-16(2)26(17(18)3)19-7-5-4-6-8-19/h4-14H,1-3H3,(H,25,28,30)/b21-14+. The van der Waals surface area contributed by atoms with Gasteiger partial charge in [-0.05, 0) is 75.0 Å². The molecule has 2 aromatic carbocycles. The van der Waals surface area contributed by atoms with Gasteiger partial charge in [0, 0.05) is 17.1 Å². The van der Waals surface area contributed by atoms with E-state index in [-0.39, 0.29) is 10.7 Å². The number of carbonyl (C=O) groups excluding carboxylic acids is 2. The molecule has 0 unspecified atom stereocenters. The highest BCUT2D eigenvalue weighted by Crippen LogP contribution is 2.26. The zero-order chi connectivity index (χ0) is 21.4. The van der Waals surface area contributed by atoms with Crippen molar-refractivity contribution in [3.8, 4) is 5.69 Å². The van der Waals surface area contributed by atoms with Crippen LogP contribution in [0.3, 0.4) is 0 Å². The number of benzene rings is 2. The summed E-state index contributed by atoms with van der Waals surface area (Å²) in [6.45, 7) is 5.94. The van der Waals surface area contributed by atoms with Crippen LogP contribution < -0.4 is 10.2 Å². The molecular formula is C24H21N3O2S. The summed E-state index contributed by atoms with van der Waals surface area (Å²) in [4.78, 5) is 27.2. The Morgan fingerprint density at radius 3 is 2.23 bits per heavy atom. The van der Waals surface area contributed by atoms with Gasteiger partial charge in [-0.3, -0.25) is 19.8 Å². The van der Waals surface area contributed by atoms with E-state index in [0.717, 1.165) is 28.2 Å². The van der Waals surface area contributed by atoms with Crippen LogP contribution in [0.2, 0.25) is 0 Å². The van der Waals surface area contributed by atoms with Crippen LogP contribution in [0.15, 0.2) is 66.2 Å². The largest absolute Gasteiger partial charge is 0.318 e. The molecular weight excluding hydrogens is 394 g/mol. The van der Waals surface area contributed by atoms with E-state index in [0.29, 0.717) is 5.69 Å². The van der Waals surface area contributed by atoms with Crippen molar-refractivity contribution in [1.29, 1.82) is 0 Å². The van der Waals surface area contributed by atoms with Crippen molar-refractivity contribution in [3.63, 3.8) is 0 Å². The minimum atomic E-state index is -0.488. The first-order chi connectivity index (χ1) is 14.4. The van der Waals surface area contributed by atoms with E-state index in [1.165, 1.54) is 4.90 Å². The van der Waals surface area contributed by atoms with Gasteiger partial charge >= 0.3 is 0 Å². The second-order valence-corrected chi connectivity index (χ2v) is 7.68. The number of para-hydroxylation sites is 1. The van der Waals surface area contributed by atoms with Crippen molar-refractivity contribution in [3.05, 3.63) is 88.8 Å².